The summed E-state index contributed by atoms with van der Waals surface area (Å²) in [6.45, 7) is 1.16. The normalized spacial score (nSPS) is 33.6. The number of carbonyl (C=O) groups excluding carboxylic acids is 1. The smallest absolute Gasteiger partial charge is 0.139 e. The summed E-state index contributed by atoms with van der Waals surface area (Å²) in [7, 11) is 0. The average Bonchev–Trinajstić information content (AvgIpc) is 2.39. The quantitative estimate of drug-likeness (QED) is 0.903. The van der Waals surface area contributed by atoms with Gasteiger partial charge in [0.15, 0.2) is 0 Å². The molecule has 3 heteroatoms. The first-order valence-electron chi connectivity index (χ1n) is 7.01. The Balaban J connectivity index is 1.58. The minimum absolute atomic E-state index is 0.101. The third-order valence-corrected chi connectivity index (χ3v) is 4.57. The number of rotatable bonds is 4. The van der Waals surface area contributed by atoms with Gasteiger partial charge in [0.05, 0.1) is 19.3 Å². The van der Waals surface area contributed by atoms with E-state index in [0.717, 1.165) is 24.8 Å². The van der Waals surface area contributed by atoms with Gasteiger partial charge in [0.25, 0.3) is 0 Å². The summed E-state index contributed by atoms with van der Waals surface area (Å²) >= 11 is 0. The van der Waals surface area contributed by atoms with Crippen molar-refractivity contribution in [1.29, 1.82) is 0 Å². The highest BCUT2D eigenvalue weighted by Gasteiger charge is 2.49. The summed E-state index contributed by atoms with van der Waals surface area (Å²) in [5, 5.41) is 9.97. The molecular weight excluding hydrogens is 240 g/mol. The summed E-state index contributed by atoms with van der Waals surface area (Å²) in [4.78, 5) is 11.9. The molecule has 0 spiro atoms. The van der Waals surface area contributed by atoms with E-state index < -0.39 is 6.10 Å². The Kier molecular flexibility index (Phi) is 3.42. The molecule has 102 valence electrons. The van der Waals surface area contributed by atoms with Crippen LogP contribution in [0.25, 0.3) is 0 Å². The van der Waals surface area contributed by atoms with Gasteiger partial charge in [-0.25, -0.2) is 0 Å². The van der Waals surface area contributed by atoms with Gasteiger partial charge in [-0.2, -0.15) is 0 Å². The van der Waals surface area contributed by atoms with E-state index in [0.29, 0.717) is 19.6 Å². The van der Waals surface area contributed by atoms with Crippen LogP contribution in [0.3, 0.4) is 0 Å². The predicted molar refractivity (Wildman–Crippen MR) is 71.5 cm³/mol. The maximum Gasteiger partial charge on any atom is 0.139 e. The van der Waals surface area contributed by atoms with Crippen LogP contribution in [0.2, 0.25) is 0 Å². The zero-order valence-corrected chi connectivity index (χ0v) is 11.0. The monoisotopic (exact) mass is 260 g/mol. The summed E-state index contributed by atoms with van der Waals surface area (Å²) in [6, 6.07) is 10.1. The van der Waals surface area contributed by atoms with Crippen LogP contribution in [0.5, 0.6) is 0 Å². The van der Waals surface area contributed by atoms with Gasteiger partial charge in [0.1, 0.15) is 5.78 Å². The number of aliphatic hydroxyl groups is 1. The van der Waals surface area contributed by atoms with Crippen molar-refractivity contribution in [2.75, 3.05) is 6.61 Å². The molecule has 3 atom stereocenters. The highest BCUT2D eigenvalue weighted by Crippen LogP contribution is 2.48. The number of ketones is 1. The van der Waals surface area contributed by atoms with Gasteiger partial charge in [-0.15, -0.1) is 0 Å². The molecule has 3 nitrogen and oxygen atoms in total. The minimum Gasteiger partial charge on any atom is -0.392 e. The summed E-state index contributed by atoms with van der Waals surface area (Å²) in [5.74, 6) is 0.129. The number of hydrogen-bond acceptors (Lipinski definition) is 3. The van der Waals surface area contributed by atoms with Crippen molar-refractivity contribution < 1.29 is 14.6 Å². The van der Waals surface area contributed by atoms with Gasteiger partial charge >= 0.3 is 0 Å². The van der Waals surface area contributed by atoms with Crippen LogP contribution in [0.4, 0.5) is 0 Å². The third kappa shape index (κ3) is 2.58. The number of Topliss-reactive ketones (excluding diaryl/α,β-unsaturated/α-hetero) is 1. The van der Waals surface area contributed by atoms with E-state index in [1.807, 2.05) is 30.3 Å². The van der Waals surface area contributed by atoms with Gasteiger partial charge in [-0.1, -0.05) is 30.3 Å². The molecule has 0 aromatic heterocycles. The third-order valence-electron chi connectivity index (χ3n) is 4.57. The molecule has 4 rings (SSSR count). The Morgan fingerprint density at radius 1 is 1.32 bits per heavy atom. The maximum absolute atomic E-state index is 11.9. The molecule has 0 heterocycles. The van der Waals surface area contributed by atoms with Crippen molar-refractivity contribution in [3.63, 3.8) is 0 Å². The summed E-state index contributed by atoms with van der Waals surface area (Å²) in [6.07, 6.45) is 2.70. The number of carbonyl (C=O) groups is 1. The Morgan fingerprint density at radius 3 is 2.79 bits per heavy atom. The zero-order valence-electron chi connectivity index (χ0n) is 11.0. The fraction of sp³-hybridized carbons (Fsp3) is 0.562. The van der Waals surface area contributed by atoms with E-state index in [4.69, 9.17) is 4.74 Å². The fourth-order valence-corrected chi connectivity index (χ4v) is 3.52. The maximum atomic E-state index is 11.9. The Morgan fingerprint density at radius 2 is 2.11 bits per heavy atom. The van der Waals surface area contributed by atoms with E-state index in [1.165, 1.54) is 0 Å². The SMILES string of the molecule is O=C1CC2(COCc3ccccc3)CCC1C(O)C2. The van der Waals surface area contributed by atoms with Gasteiger partial charge in [-0.3, -0.25) is 4.79 Å². The van der Waals surface area contributed by atoms with Crippen LogP contribution < -0.4 is 0 Å². The van der Waals surface area contributed by atoms with E-state index in [9.17, 15) is 9.90 Å². The predicted octanol–water partition coefficient (Wildman–Crippen LogP) is 2.32. The molecule has 19 heavy (non-hydrogen) atoms. The molecule has 1 aromatic carbocycles. The molecule has 1 aromatic rings. The minimum atomic E-state index is -0.449. The molecule has 3 aliphatic carbocycles. The topological polar surface area (TPSA) is 46.5 Å². The molecule has 0 aliphatic heterocycles. The first kappa shape index (κ1) is 12.8. The lowest BCUT2D eigenvalue weighted by molar-refractivity contribution is -0.149. The Hall–Kier alpha value is -1.19. The molecule has 3 fully saturated rings. The fourth-order valence-electron chi connectivity index (χ4n) is 3.52. The van der Waals surface area contributed by atoms with E-state index >= 15 is 0 Å². The van der Waals surface area contributed by atoms with Crippen molar-refractivity contribution in [2.24, 2.45) is 11.3 Å². The van der Waals surface area contributed by atoms with Crippen molar-refractivity contribution in [3.8, 4) is 0 Å². The average molecular weight is 260 g/mol. The van der Waals surface area contributed by atoms with Gasteiger partial charge in [0.2, 0.25) is 0 Å². The molecule has 1 N–H and O–H groups in total. The molecule has 0 saturated heterocycles. The summed E-state index contributed by atoms with van der Waals surface area (Å²) in [5.41, 5.74) is 1.04. The van der Waals surface area contributed by atoms with Crippen molar-refractivity contribution in [2.45, 2.75) is 38.4 Å². The second kappa shape index (κ2) is 5.06. The van der Waals surface area contributed by atoms with E-state index in [2.05, 4.69) is 0 Å². The zero-order chi connectivity index (χ0) is 13.3. The highest BCUT2D eigenvalue weighted by molar-refractivity contribution is 5.84. The van der Waals surface area contributed by atoms with Gasteiger partial charge in [0, 0.05) is 17.8 Å². The Bertz CT molecular complexity index is 456. The van der Waals surface area contributed by atoms with Crippen molar-refractivity contribution in [1.82, 2.24) is 0 Å². The lowest BCUT2D eigenvalue weighted by Gasteiger charge is -2.47. The van der Waals surface area contributed by atoms with Crippen molar-refractivity contribution in [3.05, 3.63) is 35.9 Å². The van der Waals surface area contributed by atoms with Gasteiger partial charge in [-0.05, 0) is 24.8 Å². The van der Waals surface area contributed by atoms with Crippen molar-refractivity contribution >= 4 is 5.78 Å². The van der Waals surface area contributed by atoms with Gasteiger partial charge < -0.3 is 9.84 Å². The van der Waals surface area contributed by atoms with Crippen LogP contribution in [0, 0.1) is 11.3 Å². The number of aliphatic hydroxyl groups excluding tert-OH is 1. The largest absolute Gasteiger partial charge is 0.392 e. The number of benzene rings is 1. The van der Waals surface area contributed by atoms with Crippen LogP contribution >= 0.6 is 0 Å². The lowest BCUT2D eigenvalue weighted by atomic mass is 9.59. The molecule has 2 bridgehead atoms. The van der Waals surface area contributed by atoms with Crippen LogP contribution in [-0.2, 0) is 16.1 Å². The standard InChI is InChI=1S/C16H20O3/c17-14-8-16(7-6-13(14)15(18)9-16)11-19-10-12-4-2-1-3-5-12/h1-5,13-14,17H,6-11H2. The highest BCUT2D eigenvalue weighted by atomic mass is 16.5. The number of fused-ring (bicyclic) bond motifs is 3. The van der Waals surface area contributed by atoms with E-state index in [1.54, 1.807) is 0 Å². The first-order valence-corrected chi connectivity index (χ1v) is 7.01. The Labute approximate surface area is 113 Å². The molecule has 0 amide bonds. The second-order valence-corrected chi connectivity index (χ2v) is 6.04. The number of hydrogen-bond donors (Lipinski definition) is 1. The molecule has 3 aliphatic rings. The molecule has 3 unspecified atom stereocenters. The lowest BCUT2D eigenvalue weighted by Crippen LogP contribution is -2.50. The molecular formula is C16H20O3. The van der Waals surface area contributed by atoms with Crippen LogP contribution in [-0.4, -0.2) is 23.6 Å². The number of ether oxygens (including phenoxy) is 1. The molecule has 0 radical (unpaired) electrons. The van der Waals surface area contributed by atoms with Crippen LogP contribution in [0.15, 0.2) is 30.3 Å². The first-order chi connectivity index (χ1) is 9.19. The molecule has 3 saturated carbocycles. The van der Waals surface area contributed by atoms with E-state index in [-0.39, 0.29) is 17.1 Å². The summed E-state index contributed by atoms with van der Waals surface area (Å²) < 4.78 is 5.81. The van der Waals surface area contributed by atoms with Crippen LogP contribution in [0.1, 0.15) is 31.2 Å². The second-order valence-electron chi connectivity index (χ2n) is 6.04.